The second kappa shape index (κ2) is 10.9. The van der Waals surface area contributed by atoms with Gasteiger partial charge in [-0.3, -0.25) is 9.59 Å². The highest BCUT2D eigenvalue weighted by atomic mass is 35.5. The number of alkyl halides is 3. The van der Waals surface area contributed by atoms with Gasteiger partial charge < -0.3 is 19.8 Å². The third kappa shape index (κ3) is 6.85. The molecule has 2 N–H and O–H groups in total. The number of anilines is 1. The van der Waals surface area contributed by atoms with E-state index in [-0.39, 0.29) is 17.9 Å². The van der Waals surface area contributed by atoms with Crippen LogP contribution in [-0.4, -0.2) is 30.4 Å². The van der Waals surface area contributed by atoms with Crippen molar-refractivity contribution < 1.29 is 36.7 Å². The van der Waals surface area contributed by atoms with Crippen LogP contribution in [0.1, 0.15) is 21.7 Å². The van der Waals surface area contributed by atoms with E-state index in [9.17, 15) is 27.6 Å². The summed E-state index contributed by atoms with van der Waals surface area (Å²) in [5.74, 6) is -2.47. The molecule has 7 nitrogen and oxygen atoms in total. The number of carbonyl (C=O) groups excluding carboxylic acids is 3. The summed E-state index contributed by atoms with van der Waals surface area (Å²) in [7, 11) is 0. The number of ether oxygens (including phenoxy) is 1. The predicted octanol–water partition coefficient (Wildman–Crippen LogP) is 4.47. The summed E-state index contributed by atoms with van der Waals surface area (Å²) < 4.78 is 49.0. The van der Waals surface area contributed by atoms with E-state index < -0.39 is 47.2 Å². The quantitative estimate of drug-likeness (QED) is 0.450. The molecule has 1 atom stereocenters. The molecule has 11 heteroatoms. The minimum Gasteiger partial charge on any atom is -0.459 e. The van der Waals surface area contributed by atoms with Crippen molar-refractivity contribution in [3.8, 4) is 0 Å². The summed E-state index contributed by atoms with van der Waals surface area (Å²) in [6.07, 6.45) is -3.34. The Morgan fingerprint density at radius 3 is 2.41 bits per heavy atom. The van der Waals surface area contributed by atoms with Crippen molar-refractivity contribution in [2.75, 3.05) is 11.9 Å². The predicted molar refractivity (Wildman–Crippen MR) is 116 cm³/mol. The zero-order valence-corrected chi connectivity index (χ0v) is 18.2. The van der Waals surface area contributed by atoms with Crippen LogP contribution < -0.4 is 10.6 Å². The Labute approximate surface area is 196 Å². The van der Waals surface area contributed by atoms with E-state index in [4.69, 9.17) is 20.8 Å². The number of rotatable bonds is 8. The Morgan fingerprint density at radius 2 is 1.76 bits per heavy atom. The largest absolute Gasteiger partial charge is 0.459 e. The molecule has 2 amide bonds. The first-order valence-electron chi connectivity index (χ1n) is 9.85. The Bertz CT molecular complexity index is 1150. The average molecular weight is 495 g/mol. The van der Waals surface area contributed by atoms with Crippen molar-refractivity contribution in [2.24, 2.45) is 0 Å². The molecule has 0 radical (unpaired) electrons. The van der Waals surface area contributed by atoms with Gasteiger partial charge in [0.1, 0.15) is 6.04 Å². The van der Waals surface area contributed by atoms with Crippen molar-refractivity contribution in [2.45, 2.75) is 18.6 Å². The van der Waals surface area contributed by atoms with E-state index >= 15 is 0 Å². The summed E-state index contributed by atoms with van der Waals surface area (Å²) >= 11 is 5.56. The number of amides is 2. The minimum absolute atomic E-state index is 0.0215. The first-order valence-corrected chi connectivity index (χ1v) is 10.2. The maximum absolute atomic E-state index is 13.0. The smallest absolute Gasteiger partial charge is 0.417 e. The van der Waals surface area contributed by atoms with Crippen molar-refractivity contribution in [1.29, 1.82) is 0 Å². The zero-order valence-electron chi connectivity index (χ0n) is 17.4. The number of carbonyl (C=O) groups is 3. The van der Waals surface area contributed by atoms with Crippen LogP contribution in [0.4, 0.5) is 18.9 Å². The lowest BCUT2D eigenvalue weighted by Crippen LogP contribution is -2.44. The monoisotopic (exact) mass is 494 g/mol. The van der Waals surface area contributed by atoms with Gasteiger partial charge in [0.05, 0.1) is 16.8 Å². The fourth-order valence-electron chi connectivity index (χ4n) is 2.93. The molecule has 3 aromatic rings. The average Bonchev–Trinajstić information content (AvgIpc) is 3.33. The SMILES string of the molecule is O=C(COC(=O)[C@H](Cc1ccccc1)NC(=O)c1ccco1)Nc1ccc(Cl)c(C(F)(F)F)c1. The Hall–Kier alpha value is -3.79. The molecule has 178 valence electrons. The van der Waals surface area contributed by atoms with Gasteiger partial charge >= 0.3 is 12.1 Å². The Kier molecular flexibility index (Phi) is 7.95. The van der Waals surface area contributed by atoms with Gasteiger partial charge in [0.2, 0.25) is 0 Å². The van der Waals surface area contributed by atoms with E-state index in [0.29, 0.717) is 6.07 Å². The van der Waals surface area contributed by atoms with E-state index in [2.05, 4.69) is 10.6 Å². The highest BCUT2D eigenvalue weighted by Crippen LogP contribution is 2.36. The first-order chi connectivity index (χ1) is 16.1. The van der Waals surface area contributed by atoms with Crippen molar-refractivity contribution >= 4 is 35.1 Å². The number of hydrogen-bond donors (Lipinski definition) is 2. The molecule has 0 aliphatic carbocycles. The van der Waals surface area contributed by atoms with Crippen molar-refractivity contribution in [3.05, 3.63) is 88.8 Å². The highest BCUT2D eigenvalue weighted by Gasteiger charge is 2.33. The van der Waals surface area contributed by atoms with Gasteiger partial charge in [-0.1, -0.05) is 41.9 Å². The fourth-order valence-corrected chi connectivity index (χ4v) is 3.16. The zero-order chi connectivity index (χ0) is 24.7. The topological polar surface area (TPSA) is 97.6 Å². The molecule has 0 aliphatic heterocycles. The molecule has 0 saturated heterocycles. The number of benzene rings is 2. The van der Waals surface area contributed by atoms with Crippen LogP contribution in [0, 0.1) is 0 Å². The van der Waals surface area contributed by atoms with Crippen molar-refractivity contribution in [3.63, 3.8) is 0 Å². The molecular formula is C23H18ClF3N2O5. The molecule has 0 aliphatic rings. The van der Waals surface area contributed by atoms with Gasteiger partial charge in [0.25, 0.3) is 11.8 Å². The van der Waals surface area contributed by atoms with Gasteiger partial charge in [-0.05, 0) is 35.9 Å². The number of hydrogen-bond acceptors (Lipinski definition) is 5. The van der Waals surface area contributed by atoms with Gasteiger partial charge in [-0.25, -0.2) is 4.79 Å². The summed E-state index contributed by atoms with van der Waals surface area (Å²) in [6, 6.07) is 13.4. The van der Waals surface area contributed by atoms with Crippen LogP contribution in [-0.2, 0) is 26.9 Å². The number of furan rings is 1. The molecule has 34 heavy (non-hydrogen) atoms. The van der Waals surface area contributed by atoms with Gasteiger partial charge in [0.15, 0.2) is 12.4 Å². The maximum atomic E-state index is 13.0. The maximum Gasteiger partial charge on any atom is 0.417 e. The van der Waals surface area contributed by atoms with Crippen LogP contribution >= 0.6 is 11.6 Å². The van der Waals surface area contributed by atoms with Crippen LogP contribution in [0.5, 0.6) is 0 Å². The second-order valence-electron chi connectivity index (χ2n) is 7.04. The lowest BCUT2D eigenvalue weighted by Gasteiger charge is -2.17. The highest BCUT2D eigenvalue weighted by molar-refractivity contribution is 6.31. The molecule has 2 aromatic carbocycles. The molecule has 0 bridgehead atoms. The van der Waals surface area contributed by atoms with Crippen molar-refractivity contribution in [1.82, 2.24) is 5.32 Å². The number of esters is 1. The summed E-state index contributed by atoms with van der Waals surface area (Å²) in [5.41, 5.74) is -0.577. The van der Waals surface area contributed by atoms with Crippen LogP contribution in [0.25, 0.3) is 0 Å². The minimum atomic E-state index is -4.71. The fraction of sp³-hybridized carbons (Fsp3) is 0.174. The first kappa shape index (κ1) is 24.8. The third-order valence-electron chi connectivity index (χ3n) is 4.52. The number of nitrogens with one attached hydrogen (secondary N) is 2. The van der Waals surface area contributed by atoms with Crippen LogP contribution in [0.3, 0.4) is 0 Å². The molecule has 0 unspecified atom stereocenters. The normalized spacial score (nSPS) is 12.0. The van der Waals surface area contributed by atoms with E-state index in [0.717, 1.165) is 11.6 Å². The molecular weight excluding hydrogens is 477 g/mol. The van der Waals surface area contributed by atoms with Crippen LogP contribution in [0.15, 0.2) is 71.3 Å². The van der Waals surface area contributed by atoms with E-state index in [1.54, 1.807) is 30.3 Å². The van der Waals surface area contributed by atoms with E-state index in [1.807, 2.05) is 0 Å². The summed E-state index contributed by atoms with van der Waals surface area (Å²) in [5, 5.41) is 4.18. The Balaban J connectivity index is 1.64. The lowest BCUT2D eigenvalue weighted by atomic mass is 10.1. The van der Waals surface area contributed by atoms with Gasteiger partial charge in [0, 0.05) is 12.1 Å². The Morgan fingerprint density at radius 1 is 1.03 bits per heavy atom. The second-order valence-corrected chi connectivity index (χ2v) is 7.45. The molecule has 3 rings (SSSR count). The molecule has 0 saturated carbocycles. The number of halogens is 4. The molecule has 0 spiro atoms. The van der Waals surface area contributed by atoms with E-state index in [1.165, 1.54) is 24.5 Å². The molecule has 0 fully saturated rings. The summed E-state index contributed by atoms with van der Waals surface area (Å²) in [6.45, 7) is -0.787. The molecule has 1 aromatic heterocycles. The lowest BCUT2D eigenvalue weighted by molar-refractivity contribution is -0.149. The van der Waals surface area contributed by atoms with Crippen LogP contribution in [0.2, 0.25) is 5.02 Å². The summed E-state index contributed by atoms with van der Waals surface area (Å²) in [4.78, 5) is 37.1. The van der Waals surface area contributed by atoms with Gasteiger partial charge in [-0.15, -0.1) is 0 Å². The molecule has 1 heterocycles. The van der Waals surface area contributed by atoms with Gasteiger partial charge in [-0.2, -0.15) is 13.2 Å². The standard InChI is InChI=1S/C23H18ClF3N2O5/c24-17-9-8-15(12-16(17)23(25,26)27)28-20(30)13-34-22(32)18(11-14-5-2-1-3-6-14)29-21(31)19-7-4-10-33-19/h1-10,12,18H,11,13H2,(H,28,30)(H,29,31)/t18-/m0/s1. The third-order valence-corrected chi connectivity index (χ3v) is 4.85.